The summed E-state index contributed by atoms with van der Waals surface area (Å²) in [6.45, 7) is 0. The van der Waals surface area contributed by atoms with Crippen molar-refractivity contribution in [2.75, 3.05) is 0 Å². The molecule has 0 saturated heterocycles. The molecule has 0 fully saturated rings. The Morgan fingerprint density at radius 1 is 1.50 bits per heavy atom. The van der Waals surface area contributed by atoms with Crippen molar-refractivity contribution in [2.45, 2.75) is 0 Å². The second-order valence-electron chi connectivity index (χ2n) is 2.58. The maximum absolute atomic E-state index is 12.9. The summed E-state index contributed by atoms with van der Waals surface area (Å²) in [5, 5.41) is 17.5. The number of benzene rings is 1. The second kappa shape index (κ2) is 4.18. The first-order chi connectivity index (χ1) is 6.56. The molecule has 0 aliphatic carbocycles. The Labute approximate surface area is 79.5 Å². The molecule has 0 unspecified atom stereocenters. The molecule has 0 bridgehead atoms. The van der Waals surface area contributed by atoms with Crippen molar-refractivity contribution in [3.8, 4) is 0 Å². The minimum Gasteiger partial charge on any atom is -0.423 e. The smallest absolute Gasteiger partial charge is 0.423 e. The molecule has 1 amide bonds. The van der Waals surface area contributed by atoms with Crippen molar-refractivity contribution in [1.29, 1.82) is 0 Å². The summed E-state index contributed by atoms with van der Waals surface area (Å²) < 4.78 is 12.9. The molecule has 74 valence electrons. The van der Waals surface area contributed by atoms with Gasteiger partial charge in [0.15, 0.2) is 0 Å². The maximum atomic E-state index is 12.9. The van der Waals surface area contributed by atoms with Crippen molar-refractivity contribution >= 4 is 18.5 Å². The van der Waals surface area contributed by atoms with Gasteiger partial charge in [-0.05, 0) is 18.2 Å². The lowest BCUT2D eigenvalue weighted by Crippen LogP contribution is -2.35. The second-order valence-corrected chi connectivity index (χ2v) is 2.58. The number of hydrogen-bond donors (Lipinski definition) is 4. The first kappa shape index (κ1) is 10.6. The largest absolute Gasteiger partial charge is 0.491 e. The highest BCUT2D eigenvalue weighted by molar-refractivity contribution is 6.58. The van der Waals surface area contributed by atoms with E-state index in [1.807, 2.05) is 5.43 Å². The van der Waals surface area contributed by atoms with Crippen LogP contribution in [0.25, 0.3) is 0 Å². The van der Waals surface area contributed by atoms with Crippen LogP contribution in [-0.2, 0) is 0 Å². The van der Waals surface area contributed by atoms with E-state index in [4.69, 9.17) is 15.9 Å². The average molecular weight is 198 g/mol. The third-order valence-electron chi connectivity index (χ3n) is 1.67. The van der Waals surface area contributed by atoms with Crippen molar-refractivity contribution in [3.05, 3.63) is 29.6 Å². The van der Waals surface area contributed by atoms with E-state index in [0.29, 0.717) is 0 Å². The standard InChI is InChI=1S/C7H8BFN2O3/c9-6-2-1-4(7(12)11-10)3-5(6)8(13)14/h1-3,13-14H,10H2,(H,11,12). The number of rotatable bonds is 2. The molecular formula is C7H8BFN2O3. The topological polar surface area (TPSA) is 95.6 Å². The van der Waals surface area contributed by atoms with E-state index in [2.05, 4.69) is 0 Å². The van der Waals surface area contributed by atoms with Crippen LogP contribution in [0.4, 0.5) is 4.39 Å². The van der Waals surface area contributed by atoms with Crippen LogP contribution in [0.5, 0.6) is 0 Å². The van der Waals surface area contributed by atoms with Gasteiger partial charge in [-0.25, -0.2) is 10.2 Å². The number of nitrogen functional groups attached to an aromatic ring is 1. The highest BCUT2D eigenvalue weighted by atomic mass is 19.1. The molecule has 14 heavy (non-hydrogen) atoms. The van der Waals surface area contributed by atoms with E-state index >= 15 is 0 Å². The van der Waals surface area contributed by atoms with Gasteiger partial charge in [0.05, 0.1) is 0 Å². The fraction of sp³-hybridized carbons (Fsp3) is 0. The molecule has 0 aliphatic rings. The molecule has 0 atom stereocenters. The Balaban J connectivity index is 3.13. The van der Waals surface area contributed by atoms with Gasteiger partial charge in [-0.3, -0.25) is 10.2 Å². The van der Waals surface area contributed by atoms with Crippen molar-refractivity contribution < 1.29 is 19.2 Å². The van der Waals surface area contributed by atoms with Crippen LogP contribution in [0.1, 0.15) is 10.4 Å². The van der Waals surface area contributed by atoms with Gasteiger partial charge in [-0.15, -0.1) is 0 Å². The van der Waals surface area contributed by atoms with Crippen molar-refractivity contribution in [3.63, 3.8) is 0 Å². The third-order valence-corrected chi connectivity index (χ3v) is 1.67. The van der Waals surface area contributed by atoms with Crippen LogP contribution in [-0.4, -0.2) is 23.1 Å². The minimum absolute atomic E-state index is 0.0528. The molecule has 0 heterocycles. The van der Waals surface area contributed by atoms with Crippen LogP contribution < -0.4 is 16.7 Å². The van der Waals surface area contributed by atoms with E-state index in [9.17, 15) is 9.18 Å². The first-order valence-electron chi connectivity index (χ1n) is 3.72. The van der Waals surface area contributed by atoms with E-state index in [0.717, 1.165) is 12.1 Å². The number of carbonyl (C=O) groups is 1. The Bertz CT molecular complexity index is 359. The summed E-state index contributed by atoms with van der Waals surface area (Å²) in [6.07, 6.45) is 0. The molecular weight excluding hydrogens is 190 g/mol. The Hall–Kier alpha value is -1.44. The van der Waals surface area contributed by atoms with Gasteiger partial charge in [0, 0.05) is 11.0 Å². The number of nitrogens with one attached hydrogen (secondary N) is 1. The molecule has 5 N–H and O–H groups in total. The van der Waals surface area contributed by atoms with Gasteiger partial charge in [0.1, 0.15) is 5.82 Å². The van der Waals surface area contributed by atoms with Crippen LogP contribution in [0.2, 0.25) is 0 Å². The summed E-state index contributed by atoms with van der Waals surface area (Å²) in [4.78, 5) is 11.0. The number of carbonyl (C=O) groups excluding carboxylic acids is 1. The average Bonchev–Trinajstić information content (AvgIpc) is 2.17. The minimum atomic E-state index is -1.96. The molecule has 1 rings (SSSR count). The van der Waals surface area contributed by atoms with Gasteiger partial charge in [-0.1, -0.05) is 0 Å². The first-order valence-corrected chi connectivity index (χ1v) is 3.72. The van der Waals surface area contributed by atoms with E-state index in [1.165, 1.54) is 6.07 Å². The normalized spacial score (nSPS) is 9.71. The summed E-state index contributed by atoms with van der Waals surface area (Å²) in [5.74, 6) is 3.42. The van der Waals surface area contributed by atoms with Crippen LogP contribution >= 0.6 is 0 Å². The predicted octanol–water partition coefficient (Wildman–Crippen LogP) is -1.89. The number of nitrogens with two attached hydrogens (primary N) is 1. The van der Waals surface area contributed by atoms with Crippen molar-refractivity contribution in [1.82, 2.24) is 5.43 Å². The predicted molar refractivity (Wildman–Crippen MR) is 47.9 cm³/mol. The molecule has 7 heteroatoms. The third kappa shape index (κ3) is 2.08. The van der Waals surface area contributed by atoms with Crippen molar-refractivity contribution in [2.24, 2.45) is 5.84 Å². The van der Waals surface area contributed by atoms with Gasteiger partial charge < -0.3 is 10.0 Å². The summed E-state index contributed by atoms with van der Waals surface area (Å²) >= 11 is 0. The lowest BCUT2D eigenvalue weighted by Gasteiger charge is -2.04. The fourth-order valence-corrected chi connectivity index (χ4v) is 0.966. The van der Waals surface area contributed by atoms with Gasteiger partial charge >= 0.3 is 7.12 Å². The highest BCUT2D eigenvalue weighted by Gasteiger charge is 2.18. The fourth-order valence-electron chi connectivity index (χ4n) is 0.966. The SMILES string of the molecule is NNC(=O)c1ccc(F)c(B(O)O)c1. The summed E-state index contributed by atoms with van der Waals surface area (Å²) in [7, 11) is -1.96. The zero-order chi connectivity index (χ0) is 10.7. The zero-order valence-corrected chi connectivity index (χ0v) is 7.07. The highest BCUT2D eigenvalue weighted by Crippen LogP contribution is 2.01. The van der Waals surface area contributed by atoms with Crippen LogP contribution in [0.3, 0.4) is 0 Å². The van der Waals surface area contributed by atoms with Gasteiger partial charge in [0.25, 0.3) is 5.91 Å². The van der Waals surface area contributed by atoms with Crippen LogP contribution in [0.15, 0.2) is 18.2 Å². The molecule has 0 radical (unpaired) electrons. The Kier molecular flexibility index (Phi) is 3.18. The summed E-state index contributed by atoms with van der Waals surface area (Å²) in [6, 6.07) is 3.16. The van der Waals surface area contributed by atoms with Gasteiger partial charge in [0.2, 0.25) is 0 Å². The number of hydrazine groups is 1. The summed E-state index contributed by atoms with van der Waals surface area (Å²) in [5.41, 5.74) is 1.53. The Morgan fingerprint density at radius 3 is 2.64 bits per heavy atom. The van der Waals surface area contributed by atoms with E-state index in [-0.39, 0.29) is 11.0 Å². The molecule has 5 nitrogen and oxygen atoms in total. The number of amides is 1. The Morgan fingerprint density at radius 2 is 2.14 bits per heavy atom. The molecule has 0 aromatic heterocycles. The monoisotopic (exact) mass is 198 g/mol. The zero-order valence-electron chi connectivity index (χ0n) is 7.07. The molecule has 0 saturated carbocycles. The van der Waals surface area contributed by atoms with Crippen LogP contribution in [0, 0.1) is 5.82 Å². The van der Waals surface area contributed by atoms with E-state index in [1.54, 1.807) is 0 Å². The molecule has 1 aromatic rings. The van der Waals surface area contributed by atoms with E-state index < -0.39 is 18.8 Å². The molecule has 0 aliphatic heterocycles. The maximum Gasteiger partial charge on any atom is 0.491 e. The molecule has 1 aromatic carbocycles. The van der Waals surface area contributed by atoms with Gasteiger partial charge in [-0.2, -0.15) is 0 Å². The quantitative estimate of drug-likeness (QED) is 0.193. The number of hydrogen-bond acceptors (Lipinski definition) is 4. The number of halogens is 1. The lowest BCUT2D eigenvalue weighted by atomic mass is 9.79. The molecule has 0 spiro atoms. The lowest BCUT2D eigenvalue weighted by molar-refractivity contribution is 0.0953.